The van der Waals surface area contributed by atoms with E-state index in [2.05, 4.69) is 15.5 Å². The number of rotatable bonds is 4. The predicted molar refractivity (Wildman–Crippen MR) is 69.1 cm³/mol. The van der Waals surface area contributed by atoms with Crippen molar-refractivity contribution < 1.29 is 13.5 Å². The van der Waals surface area contributed by atoms with Crippen LogP contribution in [0.4, 0.5) is 0 Å². The highest BCUT2D eigenvalue weighted by Gasteiger charge is 2.39. The topological polar surface area (TPSA) is 98.0 Å². The van der Waals surface area contributed by atoms with E-state index in [-0.39, 0.29) is 17.0 Å². The van der Waals surface area contributed by atoms with Crippen LogP contribution in [0.25, 0.3) is 0 Å². The second-order valence-corrected chi connectivity index (χ2v) is 8.35. The van der Waals surface area contributed by atoms with Gasteiger partial charge in [-0.2, -0.15) is 0 Å². The Balaban J connectivity index is 2.15. The maximum atomic E-state index is 12.1. The number of tetrazole rings is 1. The number of aliphatic hydroxyl groups is 1. The minimum absolute atomic E-state index is 0.211. The van der Waals surface area contributed by atoms with Crippen molar-refractivity contribution in [1.82, 2.24) is 20.2 Å². The molecule has 0 aromatic carbocycles. The van der Waals surface area contributed by atoms with Crippen molar-refractivity contribution in [3.8, 4) is 0 Å². The van der Waals surface area contributed by atoms with E-state index in [1.165, 1.54) is 4.68 Å². The van der Waals surface area contributed by atoms with Crippen molar-refractivity contribution in [2.45, 2.75) is 56.9 Å². The normalized spacial score (nSPS) is 19.2. The Morgan fingerprint density at radius 3 is 2.47 bits per heavy atom. The molecule has 108 valence electrons. The van der Waals surface area contributed by atoms with E-state index in [1.807, 2.05) is 20.8 Å². The summed E-state index contributed by atoms with van der Waals surface area (Å²) in [4.78, 5) is 0. The minimum atomic E-state index is -3.42. The molecule has 1 heterocycles. The number of hydrogen-bond donors (Lipinski definition) is 1. The number of hydrogen-bond acceptors (Lipinski definition) is 6. The Morgan fingerprint density at radius 2 is 2.00 bits per heavy atom. The van der Waals surface area contributed by atoms with Crippen molar-refractivity contribution in [2.75, 3.05) is 5.75 Å². The van der Waals surface area contributed by atoms with Crippen LogP contribution in [-0.4, -0.2) is 45.1 Å². The summed E-state index contributed by atoms with van der Waals surface area (Å²) in [6, 6.07) is 0. The summed E-state index contributed by atoms with van der Waals surface area (Å²) in [5.41, 5.74) is -1.42. The largest absolute Gasteiger partial charge is 0.389 e. The van der Waals surface area contributed by atoms with Crippen LogP contribution in [0.1, 0.15) is 45.9 Å². The lowest BCUT2D eigenvalue weighted by Crippen LogP contribution is -2.44. The van der Waals surface area contributed by atoms with Gasteiger partial charge in [0.25, 0.3) is 0 Å². The summed E-state index contributed by atoms with van der Waals surface area (Å²) >= 11 is 0. The first-order valence-electron chi connectivity index (χ1n) is 6.32. The molecule has 1 aliphatic carbocycles. The lowest BCUT2D eigenvalue weighted by molar-refractivity contribution is -0.0114. The van der Waals surface area contributed by atoms with Crippen LogP contribution in [0.15, 0.2) is 0 Å². The smallest absolute Gasteiger partial charge is 0.166 e. The van der Waals surface area contributed by atoms with Crippen LogP contribution in [0.5, 0.6) is 0 Å². The van der Waals surface area contributed by atoms with Crippen molar-refractivity contribution in [2.24, 2.45) is 0 Å². The highest BCUT2D eigenvalue weighted by Crippen LogP contribution is 2.33. The van der Waals surface area contributed by atoms with E-state index in [1.54, 1.807) is 0 Å². The SMILES string of the molecule is CC(C)(C)n1nnnc1CS(=O)(=O)CC1(O)CCC1. The molecule has 0 atom stereocenters. The molecule has 1 fully saturated rings. The molecule has 0 amide bonds. The van der Waals surface area contributed by atoms with Gasteiger partial charge in [-0.15, -0.1) is 5.10 Å². The summed E-state index contributed by atoms with van der Waals surface area (Å²) in [7, 11) is -3.42. The standard InChI is InChI=1S/C11H20N4O3S/c1-10(2,3)15-9(12-13-14-15)7-19(17,18)8-11(16)5-4-6-11/h16H,4-8H2,1-3H3. The first kappa shape index (κ1) is 14.4. The monoisotopic (exact) mass is 288 g/mol. The third-order valence-electron chi connectivity index (χ3n) is 3.29. The number of aromatic nitrogens is 4. The fourth-order valence-corrected chi connectivity index (χ4v) is 3.99. The second-order valence-electron chi connectivity index (χ2n) is 6.29. The first-order chi connectivity index (χ1) is 8.61. The first-order valence-corrected chi connectivity index (χ1v) is 8.14. The molecule has 0 spiro atoms. The molecule has 2 rings (SSSR count). The van der Waals surface area contributed by atoms with Crippen LogP contribution < -0.4 is 0 Å². The Labute approximate surface area is 112 Å². The molecular weight excluding hydrogens is 268 g/mol. The fraction of sp³-hybridized carbons (Fsp3) is 0.909. The molecule has 1 N–H and O–H groups in total. The van der Waals surface area contributed by atoms with Crippen molar-refractivity contribution in [3.05, 3.63) is 5.82 Å². The Morgan fingerprint density at radius 1 is 1.37 bits per heavy atom. The van der Waals surface area contributed by atoms with E-state index in [9.17, 15) is 13.5 Å². The molecule has 0 radical (unpaired) electrons. The molecule has 1 aromatic rings. The van der Waals surface area contributed by atoms with E-state index in [0.29, 0.717) is 18.7 Å². The fourth-order valence-electron chi connectivity index (χ4n) is 2.20. The summed E-state index contributed by atoms with van der Waals surface area (Å²) < 4.78 is 25.7. The van der Waals surface area contributed by atoms with E-state index in [0.717, 1.165) is 6.42 Å². The van der Waals surface area contributed by atoms with Crippen LogP contribution in [0, 0.1) is 0 Å². The lowest BCUT2D eigenvalue weighted by Gasteiger charge is -2.36. The van der Waals surface area contributed by atoms with E-state index in [4.69, 9.17) is 0 Å². The Bertz CT molecular complexity index is 555. The van der Waals surface area contributed by atoms with Gasteiger partial charge >= 0.3 is 0 Å². The highest BCUT2D eigenvalue weighted by molar-refractivity contribution is 7.90. The van der Waals surface area contributed by atoms with Crippen LogP contribution >= 0.6 is 0 Å². The number of sulfone groups is 1. The van der Waals surface area contributed by atoms with E-state index >= 15 is 0 Å². The molecular formula is C11H20N4O3S. The van der Waals surface area contributed by atoms with Gasteiger partial charge in [0, 0.05) is 0 Å². The van der Waals surface area contributed by atoms with Crippen LogP contribution in [0.3, 0.4) is 0 Å². The van der Waals surface area contributed by atoms with Gasteiger partial charge in [-0.3, -0.25) is 0 Å². The molecule has 19 heavy (non-hydrogen) atoms. The highest BCUT2D eigenvalue weighted by atomic mass is 32.2. The Hall–Kier alpha value is -1.02. The molecule has 1 aliphatic rings. The zero-order valence-corrected chi connectivity index (χ0v) is 12.3. The predicted octanol–water partition coefficient (Wildman–Crippen LogP) is 0.258. The summed E-state index contributed by atoms with van der Waals surface area (Å²) in [5.74, 6) is -0.133. The maximum absolute atomic E-state index is 12.1. The van der Waals surface area contributed by atoms with Gasteiger partial charge in [0.05, 0.1) is 16.9 Å². The summed E-state index contributed by atoms with van der Waals surface area (Å²) in [5, 5.41) is 21.1. The maximum Gasteiger partial charge on any atom is 0.166 e. The Kier molecular flexibility index (Phi) is 3.42. The molecule has 8 heteroatoms. The van der Waals surface area contributed by atoms with Gasteiger partial charge in [0.1, 0.15) is 5.75 Å². The zero-order chi connectivity index (χ0) is 14.3. The molecule has 0 aliphatic heterocycles. The average molecular weight is 288 g/mol. The number of nitrogens with zero attached hydrogens (tertiary/aromatic N) is 4. The van der Waals surface area contributed by atoms with Crippen molar-refractivity contribution in [1.29, 1.82) is 0 Å². The van der Waals surface area contributed by atoms with Gasteiger partial charge in [-0.05, 0) is 50.5 Å². The molecule has 7 nitrogen and oxygen atoms in total. The molecule has 1 saturated carbocycles. The average Bonchev–Trinajstić information content (AvgIpc) is 2.61. The molecule has 0 unspecified atom stereocenters. The molecule has 0 bridgehead atoms. The quantitative estimate of drug-likeness (QED) is 0.853. The van der Waals surface area contributed by atoms with Crippen molar-refractivity contribution >= 4 is 9.84 Å². The van der Waals surface area contributed by atoms with Gasteiger partial charge in [-0.1, -0.05) is 0 Å². The van der Waals surface area contributed by atoms with Crippen LogP contribution in [0.2, 0.25) is 0 Å². The minimum Gasteiger partial charge on any atom is -0.389 e. The van der Waals surface area contributed by atoms with Crippen LogP contribution in [-0.2, 0) is 21.1 Å². The summed E-state index contributed by atoms with van der Waals surface area (Å²) in [6.07, 6.45) is 1.98. The molecule has 1 aromatic heterocycles. The van der Waals surface area contributed by atoms with Gasteiger partial charge in [-0.25, -0.2) is 13.1 Å². The third kappa shape index (κ3) is 3.30. The second kappa shape index (κ2) is 4.52. The third-order valence-corrected chi connectivity index (χ3v) is 4.97. The zero-order valence-electron chi connectivity index (χ0n) is 11.5. The van der Waals surface area contributed by atoms with Gasteiger partial charge in [0.15, 0.2) is 15.7 Å². The van der Waals surface area contributed by atoms with Crippen molar-refractivity contribution in [3.63, 3.8) is 0 Å². The summed E-state index contributed by atoms with van der Waals surface area (Å²) in [6.45, 7) is 5.71. The van der Waals surface area contributed by atoms with Gasteiger partial charge < -0.3 is 5.11 Å². The molecule has 0 saturated heterocycles. The van der Waals surface area contributed by atoms with E-state index < -0.39 is 15.4 Å². The van der Waals surface area contributed by atoms with Gasteiger partial charge in [0.2, 0.25) is 0 Å². The lowest BCUT2D eigenvalue weighted by atomic mass is 9.82.